The second-order valence-electron chi connectivity index (χ2n) is 2.57. The monoisotopic (exact) mass is 171 g/mol. The number of hydrogen-bond acceptors (Lipinski definition) is 2. The second kappa shape index (κ2) is 2.83. The molecule has 1 aromatic carbocycles. The maximum atomic E-state index is 13.1. The first-order chi connectivity index (χ1) is 6.31. The Morgan fingerprint density at radius 1 is 1.46 bits per heavy atom. The fraction of sp³-hybridized carbons (Fsp3) is 0. The third kappa shape index (κ3) is 1.23. The molecule has 13 heavy (non-hydrogen) atoms. The van der Waals surface area contributed by atoms with E-state index in [0.29, 0.717) is 10.9 Å². The largest absolute Gasteiger partial charge is 0.245 e. The maximum absolute atomic E-state index is 13.1. The molecular weight excluding hydrogens is 167 g/mol. The van der Waals surface area contributed by atoms with E-state index in [4.69, 9.17) is 5.26 Å². The molecule has 0 fully saturated rings. The predicted octanol–water partition coefficient (Wildman–Crippen LogP) is 2.05. The van der Waals surface area contributed by atoms with Crippen molar-refractivity contribution in [3.05, 3.63) is 41.8 Å². The van der Waals surface area contributed by atoms with Gasteiger partial charge in [0.1, 0.15) is 18.1 Å². The van der Waals surface area contributed by atoms with Crippen molar-refractivity contribution >= 4 is 10.9 Å². The lowest BCUT2D eigenvalue weighted by Gasteiger charge is -1.96. The summed E-state index contributed by atoms with van der Waals surface area (Å²) in [4.78, 5) is 3.83. The van der Waals surface area contributed by atoms with Crippen LogP contribution in [-0.2, 0) is 0 Å². The highest BCUT2D eigenvalue weighted by Crippen LogP contribution is 2.15. The van der Waals surface area contributed by atoms with Crippen molar-refractivity contribution in [2.75, 3.05) is 0 Å². The van der Waals surface area contributed by atoms with Crippen molar-refractivity contribution in [1.82, 2.24) is 4.98 Å². The molecule has 0 aliphatic rings. The molecule has 0 aliphatic carbocycles. The number of nitrogens with zero attached hydrogens (tertiary/aromatic N) is 2. The summed E-state index contributed by atoms with van der Waals surface area (Å²) in [5, 5.41) is 8.90. The molecule has 0 N–H and O–H groups in total. The van der Waals surface area contributed by atoms with Gasteiger partial charge < -0.3 is 0 Å². The molecule has 0 bridgehead atoms. The van der Waals surface area contributed by atoms with Crippen LogP contribution in [0.5, 0.6) is 0 Å². The van der Waals surface area contributed by atoms with Crippen LogP contribution in [0.15, 0.2) is 24.3 Å². The molecule has 2 rings (SSSR count). The van der Waals surface area contributed by atoms with Crippen LogP contribution in [0.1, 0.15) is 5.56 Å². The van der Waals surface area contributed by atoms with E-state index in [1.807, 2.05) is 6.07 Å². The molecule has 1 heterocycles. The summed E-state index contributed by atoms with van der Waals surface area (Å²) >= 11 is 0. The van der Waals surface area contributed by atoms with Gasteiger partial charge in [0.15, 0.2) is 0 Å². The van der Waals surface area contributed by atoms with Gasteiger partial charge in [-0.15, -0.1) is 0 Å². The normalized spacial score (nSPS) is 9.85. The van der Waals surface area contributed by atoms with E-state index in [2.05, 4.69) is 11.2 Å². The molecule has 2 nitrogen and oxygen atoms in total. The molecule has 2 aromatic rings. The standard InChI is InChI=1S/C10H4FN2/c11-9-2-1-3-10-8(9)4-7(5-12)6-13-10/h1-4H. The highest BCUT2D eigenvalue weighted by Gasteiger charge is 2.01. The number of halogens is 1. The van der Waals surface area contributed by atoms with Crippen LogP contribution in [0.3, 0.4) is 0 Å². The number of rotatable bonds is 0. The molecule has 0 spiro atoms. The first-order valence-electron chi connectivity index (χ1n) is 3.68. The van der Waals surface area contributed by atoms with E-state index in [0.717, 1.165) is 0 Å². The summed E-state index contributed by atoms with van der Waals surface area (Å²) in [6.07, 6.45) is 2.51. The Balaban J connectivity index is 2.84. The zero-order valence-corrected chi connectivity index (χ0v) is 6.58. The van der Waals surface area contributed by atoms with Crippen molar-refractivity contribution in [1.29, 1.82) is 5.26 Å². The SMILES string of the molecule is N#Cc1[c]nc2cccc(F)c2c1. The van der Waals surface area contributed by atoms with Gasteiger partial charge in [-0.25, -0.2) is 9.37 Å². The molecular formula is C10H4FN2. The third-order valence-corrected chi connectivity index (χ3v) is 1.74. The Labute approximate surface area is 74.3 Å². The average molecular weight is 171 g/mol. The summed E-state index contributed by atoms with van der Waals surface area (Å²) in [6.45, 7) is 0. The fourth-order valence-electron chi connectivity index (χ4n) is 1.12. The zero-order chi connectivity index (χ0) is 9.26. The fourth-order valence-corrected chi connectivity index (χ4v) is 1.12. The van der Waals surface area contributed by atoms with Gasteiger partial charge in [-0.1, -0.05) is 6.07 Å². The Bertz CT molecular complexity index is 500. The predicted molar refractivity (Wildman–Crippen MR) is 45.3 cm³/mol. The second-order valence-corrected chi connectivity index (χ2v) is 2.57. The first-order valence-corrected chi connectivity index (χ1v) is 3.68. The Morgan fingerprint density at radius 2 is 2.31 bits per heavy atom. The Kier molecular flexibility index (Phi) is 1.67. The van der Waals surface area contributed by atoms with Crippen LogP contribution >= 0.6 is 0 Å². The summed E-state index contributed by atoms with van der Waals surface area (Å²) in [7, 11) is 0. The van der Waals surface area contributed by atoms with Crippen molar-refractivity contribution in [2.45, 2.75) is 0 Å². The van der Waals surface area contributed by atoms with E-state index >= 15 is 0 Å². The molecule has 0 saturated heterocycles. The quantitative estimate of drug-likeness (QED) is 0.608. The van der Waals surface area contributed by atoms with Gasteiger partial charge in [-0.3, -0.25) is 0 Å². The van der Waals surface area contributed by atoms with Gasteiger partial charge in [-0.05, 0) is 18.2 Å². The highest BCUT2D eigenvalue weighted by molar-refractivity contribution is 5.79. The van der Waals surface area contributed by atoms with Gasteiger partial charge in [-0.2, -0.15) is 5.26 Å². The van der Waals surface area contributed by atoms with Crippen molar-refractivity contribution in [3.8, 4) is 6.07 Å². The van der Waals surface area contributed by atoms with E-state index in [1.54, 1.807) is 12.1 Å². The maximum Gasteiger partial charge on any atom is 0.132 e. The number of pyridine rings is 1. The van der Waals surface area contributed by atoms with Gasteiger partial charge in [0.25, 0.3) is 0 Å². The van der Waals surface area contributed by atoms with Crippen LogP contribution < -0.4 is 0 Å². The van der Waals surface area contributed by atoms with Crippen LogP contribution in [0, 0.1) is 23.3 Å². The van der Waals surface area contributed by atoms with E-state index in [1.165, 1.54) is 12.1 Å². The molecule has 0 atom stereocenters. The third-order valence-electron chi connectivity index (χ3n) is 1.74. The van der Waals surface area contributed by atoms with E-state index in [9.17, 15) is 4.39 Å². The Hall–Kier alpha value is -1.95. The van der Waals surface area contributed by atoms with Crippen LogP contribution in [0.4, 0.5) is 4.39 Å². The Morgan fingerprint density at radius 3 is 3.08 bits per heavy atom. The average Bonchev–Trinajstić information content (AvgIpc) is 2.18. The lowest BCUT2D eigenvalue weighted by Crippen LogP contribution is -1.85. The van der Waals surface area contributed by atoms with Gasteiger partial charge in [0.2, 0.25) is 0 Å². The lowest BCUT2D eigenvalue weighted by molar-refractivity contribution is 0.639. The molecule has 61 valence electrons. The van der Waals surface area contributed by atoms with Gasteiger partial charge >= 0.3 is 0 Å². The van der Waals surface area contributed by atoms with Crippen LogP contribution in [0.2, 0.25) is 0 Å². The molecule has 0 unspecified atom stereocenters. The number of benzene rings is 1. The van der Waals surface area contributed by atoms with Crippen LogP contribution in [0.25, 0.3) is 10.9 Å². The van der Waals surface area contributed by atoms with E-state index in [-0.39, 0.29) is 11.4 Å². The van der Waals surface area contributed by atoms with Gasteiger partial charge in [0.05, 0.1) is 11.1 Å². The summed E-state index contributed by atoms with van der Waals surface area (Å²) in [6, 6.07) is 7.89. The topological polar surface area (TPSA) is 36.7 Å². The summed E-state index contributed by atoms with van der Waals surface area (Å²) in [5.74, 6) is -0.365. The van der Waals surface area contributed by atoms with Crippen molar-refractivity contribution < 1.29 is 4.39 Å². The number of nitriles is 1. The smallest absolute Gasteiger partial charge is 0.132 e. The molecule has 0 amide bonds. The van der Waals surface area contributed by atoms with Crippen molar-refractivity contribution in [3.63, 3.8) is 0 Å². The molecule has 0 saturated carbocycles. The van der Waals surface area contributed by atoms with Gasteiger partial charge in [0, 0.05) is 5.39 Å². The number of hydrogen-bond donors (Lipinski definition) is 0. The van der Waals surface area contributed by atoms with Crippen LogP contribution in [-0.4, -0.2) is 4.98 Å². The summed E-state index contributed by atoms with van der Waals surface area (Å²) < 4.78 is 13.1. The summed E-state index contributed by atoms with van der Waals surface area (Å²) in [5.41, 5.74) is 0.761. The lowest BCUT2D eigenvalue weighted by atomic mass is 10.1. The molecule has 1 radical (unpaired) electrons. The minimum Gasteiger partial charge on any atom is -0.245 e. The number of aromatic nitrogens is 1. The molecule has 1 aromatic heterocycles. The zero-order valence-electron chi connectivity index (χ0n) is 6.58. The first kappa shape index (κ1) is 7.69. The minimum atomic E-state index is -0.365. The number of fused-ring (bicyclic) bond motifs is 1. The van der Waals surface area contributed by atoms with Crippen molar-refractivity contribution in [2.24, 2.45) is 0 Å². The molecule has 0 aliphatic heterocycles. The highest BCUT2D eigenvalue weighted by atomic mass is 19.1. The van der Waals surface area contributed by atoms with E-state index < -0.39 is 0 Å². The molecule has 3 heteroatoms. The minimum absolute atomic E-state index is 0.248.